The summed E-state index contributed by atoms with van der Waals surface area (Å²) in [6.45, 7) is 4.26. The van der Waals surface area contributed by atoms with Crippen molar-refractivity contribution in [2.24, 2.45) is 0 Å². The molecule has 0 unspecified atom stereocenters. The normalized spacial score (nSPS) is 11.1. The Balaban J connectivity index is 2.99. The van der Waals surface area contributed by atoms with E-state index < -0.39 is 0 Å². The third-order valence-corrected chi connectivity index (χ3v) is 3.47. The van der Waals surface area contributed by atoms with Crippen LogP contribution < -0.4 is 0 Å². The van der Waals surface area contributed by atoms with Gasteiger partial charge in [0, 0.05) is 6.92 Å². The largest absolute Gasteiger partial charge is 0.466 e. The van der Waals surface area contributed by atoms with Crippen molar-refractivity contribution in [1.29, 1.82) is 0 Å². The van der Waals surface area contributed by atoms with Gasteiger partial charge in [-0.15, -0.1) is 0 Å². The molecule has 0 spiro atoms. The molecule has 0 bridgehead atoms. The van der Waals surface area contributed by atoms with Crippen LogP contribution in [0.15, 0.2) is 12.2 Å². The van der Waals surface area contributed by atoms with Gasteiger partial charge in [-0.1, -0.05) is 70.4 Å². The molecule has 0 saturated heterocycles. The molecule has 2 nitrogen and oxygen atoms in total. The van der Waals surface area contributed by atoms with Crippen LogP contribution in [0.1, 0.15) is 90.9 Å². The molecule has 0 radical (unpaired) electrons. The van der Waals surface area contributed by atoms with Gasteiger partial charge in [-0.2, -0.15) is 0 Å². The van der Waals surface area contributed by atoms with Crippen LogP contribution in [0, 0.1) is 0 Å². The van der Waals surface area contributed by atoms with Crippen molar-refractivity contribution in [3.05, 3.63) is 12.2 Å². The van der Waals surface area contributed by atoms with Gasteiger partial charge in [-0.25, -0.2) is 0 Å². The van der Waals surface area contributed by atoms with E-state index in [1.165, 1.54) is 77.6 Å². The van der Waals surface area contributed by atoms with Crippen molar-refractivity contribution in [1.82, 2.24) is 0 Å². The van der Waals surface area contributed by atoms with Gasteiger partial charge in [0.05, 0.1) is 6.61 Å². The summed E-state index contributed by atoms with van der Waals surface area (Å²) in [4.78, 5) is 10.6. The Morgan fingerprint density at radius 3 is 1.80 bits per heavy atom. The second-order valence-electron chi connectivity index (χ2n) is 5.54. The van der Waals surface area contributed by atoms with Crippen molar-refractivity contribution in [3.8, 4) is 0 Å². The Kier molecular flexibility index (Phi) is 15.6. The molecule has 0 aromatic rings. The standard InChI is InChI=1S/C18H34O2/c1-3-4-5-6-7-8-9-10-11-12-13-14-15-16-17-20-18(2)19/h4-5H,3,6-17H2,1-2H3/b5-4+. The van der Waals surface area contributed by atoms with Crippen LogP contribution in [0.4, 0.5) is 0 Å². The second kappa shape index (κ2) is 16.3. The zero-order chi connectivity index (χ0) is 14.9. The molecular formula is C18H34O2. The van der Waals surface area contributed by atoms with Gasteiger partial charge in [-0.3, -0.25) is 4.79 Å². The Labute approximate surface area is 126 Å². The average Bonchev–Trinajstić information content (AvgIpc) is 2.43. The Morgan fingerprint density at radius 2 is 1.30 bits per heavy atom. The van der Waals surface area contributed by atoms with Crippen molar-refractivity contribution in [2.75, 3.05) is 6.61 Å². The summed E-state index contributed by atoms with van der Waals surface area (Å²) in [5, 5.41) is 0. The van der Waals surface area contributed by atoms with Crippen LogP contribution in [0.25, 0.3) is 0 Å². The number of ether oxygens (including phenoxy) is 1. The predicted molar refractivity (Wildman–Crippen MR) is 86.9 cm³/mol. The minimum Gasteiger partial charge on any atom is -0.466 e. The highest BCUT2D eigenvalue weighted by atomic mass is 16.5. The highest BCUT2D eigenvalue weighted by Gasteiger charge is 1.94. The monoisotopic (exact) mass is 282 g/mol. The lowest BCUT2D eigenvalue weighted by atomic mass is 10.1. The quantitative estimate of drug-likeness (QED) is 0.228. The van der Waals surface area contributed by atoms with E-state index in [2.05, 4.69) is 19.1 Å². The summed E-state index contributed by atoms with van der Waals surface area (Å²) in [6, 6.07) is 0. The van der Waals surface area contributed by atoms with E-state index in [1.54, 1.807) is 0 Å². The molecule has 0 amide bonds. The molecule has 0 heterocycles. The van der Waals surface area contributed by atoms with Crippen LogP contribution in [0.3, 0.4) is 0 Å². The summed E-state index contributed by atoms with van der Waals surface area (Å²) in [6.07, 6.45) is 20.1. The fraction of sp³-hybridized carbons (Fsp3) is 0.833. The highest BCUT2D eigenvalue weighted by Crippen LogP contribution is 2.11. The Morgan fingerprint density at radius 1 is 0.800 bits per heavy atom. The maximum atomic E-state index is 10.6. The van der Waals surface area contributed by atoms with Crippen molar-refractivity contribution >= 4 is 5.97 Å². The van der Waals surface area contributed by atoms with Gasteiger partial charge in [0.15, 0.2) is 0 Å². The lowest BCUT2D eigenvalue weighted by Crippen LogP contribution is -2.00. The van der Waals surface area contributed by atoms with Crippen molar-refractivity contribution < 1.29 is 9.53 Å². The fourth-order valence-electron chi connectivity index (χ4n) is 2.28. The number of allylic oxidation sites excluding steroid dienone is 2. The summed E-state index contributed by atoms with van der Waals surface area (Å²) in [5.74, 6) is -0.157. The summed E-state index contributed by atoms with van der Waals surface area (Å²) >= 11 is 0. The topological polar surface area (TPSA) is 26.3 Å². The molecule has 0 aliphatic heterocycles. The maximum Gasteiger partial charge on any atom is 0.302 e. The van der Waals surface area contributed by atoms with E-state index in [-0.39, 0.29) is 5.97 Å². The minimum atomic E-state index is -0.157. The number of hydrogen-bond donors (Lipinski definition) is 0. The lowest BCUT2D eigenvalue weighted by Gasteiger charge is -2.03. The van der Waals surface area contributed by atoms with E-state index in [0.717, 1.165) is 6.42 Å². The van der Waals surface area contributed by atoms with Crippen LogP contribution in [0.2, 0.25) is 0 Å². The summed E-state index contributed by atoms with van der Waals surface area (Å²) < 4.78 is 4.91. The molecule has 20 heavy (non-hydrogen) atoms. The average molecular weight is 282 g/mol. The molecule has 2 heteroatoms. The molecule has 0 aromatic carbocycles. The fourth-order valence-corrected chi connectivity index (χ4v) is 2.28. The van der Waals surface area contributed by atoms with E-state index in [9.17, 15) is 4.79 Å². The molecule has 0 N–H and O–H groups in total. The van der Waals surface area contributed by atoms with Crippen molar-refractivity contribution in [3.63, 3.8) is 0 Å². The third kappa shape index (κ3) is 17.2. The first-order chi connectivity index (χ1) is 9.77. The summed E-state index contributed by atoms with van der Waals surface area (Å²) in [5.41, 5.74) is 0. The van der Waals surface area contributed by atoms with Crippen LogP contribution in [-0.2, 0) is 9.53 Å². The van der Waals surface area contributed by atoms with E-state index in [4.69, 9.17) is 4.74 Å². The van der Waals surface area contributed by atoms with Gasteiger partial charge in [0.2, 0.25) is 0 Å². The molecule has 118 valence electrons. The Hall–Kier alpha value is -0.790. The zero-order valence-corrected chi connectivity index (χ0v) is 13.7. The van der Waals surface area contributed by atoms with Crippen LogP contribution in [-0.4, -0.2) is 12.6 Å². The predicted octanol–water partition coefficient (Wildman–Crippen LogP) is 5.81. The number of carbonyl (C=O) groups is 1. The van der Waals surface area contributed by atoms with E-state index in [0.29, 0.717) is 6.61 Å². The van der Waals surface area contributed by atoms with Gasteiger partial charge in [-0.05, 0) is 25.7 Å². The number of carbonyl (C=O) groups excluding carboxylic acids is 1. The van der Waals surface area contributed by atoms with E-state index in [1.807, 2.05) is 0 Å². The first-order valence-electron chi connectivity index (χ1n) is 8.55. The molecular weight excluding hydrogens is 248 g/mol. The SMILES string of the molecule is CC/C=C/CCCCCCCCCCCCOC(C)=O. The third-order valence-electron chi connectivity index (χ3n) is 3.47. The molecule has 0 fully saturated rings. The maximum absolute atomic E-state index is 10.6. The number of rotatable bonds is 14. The van der Waals surface area contributed by atoms with Crippen LogP contribution in [0.5, 0.6) is 0 Å². The van der Waals surface area contributed by atoms with Gasteiger partial charge >= 0.3 is 5.97 Å². The van der Waals surface area contributed by atoms with Crippen LogP contribution >= 0.6 is 0 Å². The Bertz CT molecular complexity index is 234. The first-order valence-corrected chi connectivity index (χ1v) is 8.55. The van der Waals surface area contributed by atoms with E-state index >= 15 is 0 Å². The molecule has 0 atom stereocenters. The first kappa shape index (κ1) is 19.2. The zero-order valence-electron chi connectivity index (χ0n) is 13.7. The van der Waals surface area contributed by atoms with Crippen molar-refractivity contribution in [2.45, 2.75) is 90.9 Å². The van der Waals surface area contributed by atoms with Gasteiger partial charge < -0.3 is 4.74 Å². The van der Waals surface area contributed by atoms with Gasteiger partial charge in [0.25, 0.3) is 0 Å². The molecule has 0 aliphatic rings. The van der Waals surface area contributed by atoms with Gasteiger partial charge in [0.1, 0.15) is 0 Å². The number of unbranched alkanes of at least 4 members (excludes halogenated alkanes) is 10. The smallest absolute Gasteiger partial charge is 0.302 e. The number of esters is 1. The highest BCUT2D eigenvalue weighted by molar-refractivity contribution is 5.65. The molecule has 0 saturated carbocycles. The molecule has 0 aromatic heterocycles. The summed E-state index contributed by atoms with van der Waals surface area (Å²) in [7, 11) is 0. The lowest BCUT2D eigenvalue weighted by molar-refractivity contribution is -0.141. The molecule has 0 rings (SSSR count). The molecule has 0 aliphatic carbocycles. The minimum absolute atomic E-state index is 0.157. The second-order valence-corrected chi connectivity index (χ2v) is 5.54. The number of hydrogen-bond acceptors (Lipinski definition) is 2.